The Labute approximate surface area is 69.8 Å². The predicted octanol–water partition coefficient (Wildman–Crippen LogP) is 0.461. The topological polar surface area (TPSA) is 72.3 Å². The summed E-state index contributed by atoms with van der Waals surface area (Å²) in [7, 11) is 0. The van der Waals surface area contributed by atoms with E-state index in [1.54, 1.807) is 13.8 Å². The van der Waals surface area contributed by atoms with Crippen LogP contribution in [0.15, 0.2) is 0 Å². The molecule has 0 spiro atoms. The molecule has 3 nitrogen and oxygen atoms in total. The van der Waals surface area contributed by atoms with Gasteiger partial charge in [-0.2, -0.15) is 0 Å². The highest BCUT2D eigenvalue weighted by Crippen LogP contribution is 1.89. The molecule has 0 aromatic rings. The van der Waals surface area contributed by atoms with Crippen molar-refractivity contribution in [2.24, 2.45) is 11.5 Å². The van der Waals surface area contributed by atoms with Crippen LogP contribution in [0, 0.1) is 0 Å². The Bertz CT molecular complexity index is 67.0. The summed E-state index contributed by atoms with van der Waals surface area (Å²) in [5, 5.41) is 8.28. The van der Waals surface area contributed by atoms with E-state index in [-0.39, 0.29) is 6.61 Å². The molecule has 0 radical (unpaired) electrons. The minimum absolute atomic E-state index is 0.0486. The maximum atomic E-state index is 8.28. The average molecular weight is 162 g/mol. The lowest BCUT2D eigenvalue weighted by atomic mass is 10.1. The number of nitrogens with two attached hydrogens (primary N) is 2. The van der Waals surface area contributed by atoms with Crippen molar-refractivity contribution in [2.75, 3.05) is 13.2 Å². The third kappa shape index (κ3) is 25.8. The molecule has 0 aliphatic heterocycles. The fourth-order valence-corrected chi connectivity index (χ4v) is 0.204. The Hall–Kier alpha value is -0.120. The molecule has 0 rings (SSSR count). The van der Waals surface area contributed by atoms with Gasteiger partial charge in [0.2, 0.25) is 0 Å². The van der Waals surface area contributed by atoms with E-state index in [0.717, 1.165) is 6.54 Å². The van der Waals surface area contributed by atoms with E-state index >= 15 is 0 Å². The van der Waals surface area contributed by atoms with E-state index in [2.05, 4.69) is 6.92 Å². The van der Waals surface area contributed by atoms with Crippen molar-refractivity contribution in [1.29, 1.82) is 0 Å². The molecule has 0 aromatic heterocycles. The largest absolute Gasteiger partial charge is 0.394 e. The minimum atomic E-state index is -0.403. The molecule has 70 valence electrons. The molecule has 0 aliphatic carbocycles. The number of hydrogen-bond donors (Lipinski definition) is 3. The summed E-state index contributed by atoms with van der Waals surface area (Å²) in [6, 6.07) is 0. The monoisotopic (exact) mass is 162 g/mol. The second-order valence-electron chi connectivity index (χ2n) is 3.29. The third-order valence-corrected chi connectivity index (χ3v) is 0.965. The van der Waals surface area contributed by atoms with Crippen LogP contribution in [0.5, 0.6) is 0 Å². The van der Waals surface area contributed by atoms with Crippen molar-refractivity contribution in [2.45, 2.75) is 39.2 Å². The van der Waals surface area contributed by atoms with Crippen LogP contribution in [-0.2, 0) is 0 Å². The van der Waals surface area contributed by atoms with Gasteiger partial charge >= 0.3 is 0 Å². The van der Waals surface area contributed by atoms with Crippen molar-refractivity contribution >= 4 is 0 Å². The van der Waals surface area contributed by atoms with Gasteiger partial charge in [-0.05, 0) is 26.8 Å². The molecule has 0 atom stereocenters. The maximum Gasteiger partial charge on any atom is 0.0605 e. The Morgan fingerprint density at radius 1 is 1.36 bits per heavy atom. The zero-order chi connectivity index (χ0) is 9.33. The third-order valence-electron chi connectivity index (χ3n) is 0.965. The van der Waals surface area contributed by atoms with Gasteiger partial charge in [0.15, 0.2) is 0 Å². The molecule has 0 aliphatic rings. The number of aliphatic hydroxyl groups excluding tert-OH is 1. The Morgan fingerprint density at radius 2 is 1.73 bits per heavy atom. The Kier molecular flexibility index (Phi) is 9.77. The molecule has 11 heavy (non-hydrogen) atoms. The van der Waals surface area contributed by atoms with Crippen LogP contribution in [0.25, 0.3) is 0 Å². The second kappa shape index (κ2) is 7.98. The van der Waals surface area contributed by atoms with E-state index < -0.39 is 5.54 Å². The van der Waals surface area contributed by atoms with Crippen LogP contribution in [-0.4, -0.2) is 23.8 Å². The highest BCUT2D eigenvalue weighted by atomic mass is 16.3. The van der Waals surface area contributed by atoms with Crippen molar-refractivity contribution < 1.29 is 5.11 Å². The van der Waals surface area contributed by atoms with Crippen LogP contribution < -0.4 is 11.5 Å². The van der Waals surface area contributed by atoms with Gasteiger partial charge < -0.3 is 16.6 Å². The van der Waals surface area contributed by atoms with Crippen LogP contribution >= 0.6 is 0 Å². The zero-order valence-corrected chi connectivity index (χ0v) is 7.93. The lowest BCUT2D eigenvalue weighted by molar-refractivity contribution is 0.221. The molecule has 0 unspecified atom stereocenters. The SMILES string of the molecule is CC(C)(N)CO.CCCCN. The van der Waals surface area contributed by atoms with Gasteiger partial charge in [0.1, 0.15) is 0 Å². The fraction of sp³-hybridized carbons (Fsp3) is 1.00. The summed E-state index contributed by atoms with van der Waals surface area (Å²) in [4.78, 5) is 0. The van der Waals surface area contributed by atoms with E-state index in [9.17, 15) is 0 Å². The highest BCUT2D eigenvalue weighted by Gasteiger charge is 2.05. The summed E-state index contributed by atoms with van der Waals surface area (Å²) < 4.78 is 0. The molecule has 0 aromatic carbocycles. The summed E-state index contributed by atoms with van der Waals surface area (Å²) in [6.45, 7) is 6.57. The first-order valence-electron chi connectivity index (χ1n) is 4.07. The maximum absolute atomic E-state index is 8.28. The number of rotatable bonds is 3. The second-order valence-corrected chi connectivity index (χ2v) is 3.29. The number of aliphatic hydroxyl groups is 1. The van der Waals surface area contributed by atoms with Crippen molar-refractivity contribution in [3.05, 3.63) is 0 Å². The zero-order valence-electron chi connectivity index (χ0n) is 7.93. The molecule has 0 fully saturated rings. The van der Waals surface area contributed by atoms with Gasteiger partial charge in [0.25, 0.3) is 0 Å². The van der Waals surface area contributed by atoms with Crippen LogP contribution in [0.3, 0.4) is 0 Å². The normalized spacial score (nSPS) is 10.4. The molecule has 0 saturated heterocycles. The smallest absolute Gasteiger partial charge is 0.0605 e. The molecular weight excluding hydrogens is 140 g/mol. The quantitative estimate of drug-likeness (QED) is 0.564. The summed E-state index contributed by atoms with van der Waals surface area (Å²) >= 11 is 0. The Morgan fingerprint density at radius 3 is 1.73 bits per heavy atom. The van der Waals surface area contributed by atoms with E-state index in [0.29, 0.717) is 0 Å². The predicted molar refractivity (Wildman–Crippen MR) is 49.3 cm³/mol. The van der Waals surface area contributed by atoms with Gasteiger partial charge in [-0.1, -0.05) is 13.3 Å². The van der Waals surface area contributed by atoms with E-state index in [4.69, 9.17) is 16.6 Å². The standard InChI is InChI=1S/C4H11NO.C4H11N/c1-4(2,5)3-6;1-2-3-4-5/h6H,3,5H2,1-2H3;2-5H2,1H3. The van der Waals surface area contributed by atoms with Crippen molar-refractivity contribution in [3.8, 4) is 0 Å². The minimum Gasteiger partial charge on any atom is -0.394 e. The number of unbranched alkanes of at least 4 members (excludes halogenated alkanes) is 1. The number of hydrogen-bond acceptors (Lipinski definition) is 3. The van der Waals surface area contributed by atoms with Gasteiger partial charge in [-0.15, -0.1) is 0 Å². The summed E-state index contributed by atoms with van der Waals surface area (Å²) in [6.07, 6.45) is 2.39. The first-order chi connectivity index (χ1) is 4.97. The first-order valence-corrected chi connectivity index (χ1v) is 4.07. The van der Waals surface area contributed by atoms with Crippen LogP contribution in [0.1, 0.15) is 33.6 Å². The van der Waals surface area contributed by atoms with Crippen molar-refractivity contribution in [1.82, 2.24) is 0 Å². The van der Waals surface area contributed by atoms with Gasteiger partial charge in [0, 0.05) is 5.54 Å². The lowest BCUT2D eigenvalue weighted by Crippen LogP contribution is -2.35. The van der Waals surface area contributed by atoms with E-state index in [1.807, 2.05) is 0 Å². The lowest BCUT2D eigenvalue weighted by Gasteiger charge is -2.12. The molecular formula is C8H22N2O. The van der Waals surface area contributed by atoms with Gasteiger partial charge in [-0.25, -0.2) is 0 Å². The first kappa shape index (κ1) is 13.5. The molecule has 0 saturated carbocycles. The van der Waals surface area contributed by atoms with Crippen LogP contribution in [0.4, 0.5) is 0 Å². The molecule has 5 N–H and O–H groups in total. The summed E-state index contributed by atoms with van der Waals surface area (Å²) in [5.41, 5.74) is 10.0. The Balaban J connectivity index is 0. The van der Waals surface area contributed by atoms with Crippen molar-refractivity contribution in [3.63, 3.8) is 0 Å². The molecule has 0 bridgehead atoms. The summed E-state index contributed by atoms with van der Waals surface area (Å²) in [5.74, 6) is 0. The van der Waals surface area contributed by atoms with Gasteiger partial charge in [-0.3, -0.25) is 0 Å². The van der Waals surface area contributed by atoms with Gasteiger partial charge in [0.05, 0.1) is 6.61 Å². The van der Waals surface area contributed by atoms with E-state index in [1.165, 1.54) is 12.8 Å². The molecule has 3 heteroatoms. The highest BCUT2D eigenvalue weighted by molar-refractivity contribution is 4.67. The van der Waals surface area contributed by atoms with Crippen LogP contribution in [0.2, 0.25) is 0 Å². The fourth-order valence-electron chi connectivity index (χ4n) is 0.204. The average Bonchev–Trinajstić information content (AvgIpc) is 1.90. The molecule has 0 heterocycles. The molecule has 0 amide bonds.